The molecule has 0 aromatic heterocycles. The lowest BCUT2D eigenvalue weighted by Crippen LogP contribution is -2.53. The number of fused-ring (bicyclic) bond motifs is 3. The van der Waals surface area contributed by atoms with Crippen LogP contribution in [-0.4, -0.2) is 80.4 Å². The van der Waals surface area contributed by atoms with Gasteiger partial charge in [0.1, 0.15) is 11.9 Å². The van der Waals surface area contributed by atoms with Crippen LogP contribution in [0.1, 0.15) is 130 Å². The van der Waals surface area contributed by atoms with E-state index in [1.165, 1.54) is 11.1 Å². The highest BCUT2D eigenvalue weighted by molar-refractivity contribution is 6.06. The third-order valence-corrected chi connectivity index (χ3v) is 14.9. The number of Topliss-reactive ketones (excluding diaryl/α,β-unsaturated/α-hetero) is 3. The van der Waals surface area contributed by atoms with Crippen molar-refractivity contribution in [1.82, 2.24) is 0 Å². The van der Waals surface area contributed by atoms with Crippen LogP contribution in [0.4, 0.5) is 0 Å². The van der Waals surface area contributed by atoms with Gasteiger partial charge in [-0.05, 0) is 53.4 Å². The second kappa shape index (κ2) is 15.3. The Hall–Kier alpha value is -3.29. The number of carbonyl (C=O) groups is 3. The number of allylic oxidation sites excluding steroid dienone is 5. The maximum absolute atomic E-state index is 12.5. The van der Waals surface area contributed by atoms with Gasteiger partial charge < -0.3 is 33.3 Å². The largest absolute Gasteiger partial charge is 0.347 e. The Kier molecular flexibility index (Phi) is 11.3. The number of hydrogen-bond donors (Lipinski definition) is 0. The van der Waals surface area contributed by atoms with Gasteiger partial charge in [0.05, 0.1) is 56.0 Å². The molecule has 0 bridgehead atoms. The average Bonchev–Trinajstić information content (AvgIpc) is 3.96. The fourth-order valence-electron chi connectivity index (χ4n) is 12.4. The number of nitrogens with zero attached hydrogens (tertiary/aromatic N) is 2. The van der Waals surface area contributed by atoms with Gasteiger partial charge in [-0.15, -0.1) is 0 Å². The predicted molar refractivity (Wildman–Crippen MR) is 223 cm³/mol. The highest BCUT2D eigenvalue weighted by Crippen LogP contribution is 2.59. The Labute approximate surface area is 354 Å². The standard InChI is InChI=1S/C16H21NO3.C16H19NO3.C15H22O3.CH4.H2/c1-14(2)12-5-6-16(19-7-8-20-16)10-15(12,3)9-11(17-4)13(14)18;1-14(2)12-4-5-16(19-6-7-20-16)10-15(12,3)8-11(9-17)13(14)18;1-13(2)11-4-7-15(17-8-9-18-15)10-14(11,3)6-5-12(13)16;;/h5,11H,6-10H2,1-3H3;4,8H,5-7,10H2,1-3H3;4H,5-10H2,1-3H3;1H4;1H/t11?,15-;15-;14-;;/m111../s1/i;;;;1+1D. The zero-order valence-electron chi connectivity index (χ0n) is 38.1. The first kappa shape index (κ1) is 43.8. The molecular weight excluding hydrogens is 749 g/mol. The highest BCUT2D eigenvalue weighted by Gasteiger charge is 2.60. The molecule has 2 saturated carbocycles. The topological polar surface area (TPSA) is 135 Å². The van der Waals surface area contributed by atoms with E-state index in [1.807, 2.05) is 33.8 Å². The fourth-order valence-corrected chi connectivity index (χ4v) is 12.4. The minimum absolute atomic E-state index is 0. The van der Waals surface area contributed by atoms with Crippen molar-refractivity contribution in [3.05, 3.63) is 58.0 Å². The third kappa shape index (κ3) is 7.57. The van der Waals surface area contributed by atoms with Gasteiger partial charge in [-0.1, -0.05) is 69.2 Å². The smallest absolute Gasteiger partial charge is 0.282 e. The van der Waals surface area contributed by atoms with Crippen molar-refractivity contribution in [3.8, 4) is 6.07 Å². The van der Waals surface area contributed by atoms with E-state index >= 15 is 0 Å². The molecule has 0 aromatic carbocycles. The molecular formula is C48H68N2O9. The lowest BCUT2D eigenvalue weighted by molar-refractivity contribution is -0.183. The molecule has 0 aromatic rings. The summed E-state index contributed by atoms with van der Waals surface area (Å²) in [6.07, 6.45) is 14.9. The monoisotopic (exact) mass is 819 g/mol. The number of carbonyl (C=O) groups excluding carboxylic acids is 3. The second-order valence-corrected chi connectivity index (χ2v) is 20.4. The molecule has 0 amide bonds. The van der Waals surface area contributed by atoms with Gasteiger partial charge in [-0.2, -0.15) is 5.26 Å². The lowest BCUT2D eigenvalue weighted by atomic mass is 9.54. The first-order valence-corrected chi connectivity index (χ1v) is 21.1. The van der Waals surface area contributed by atoms with Gasteiger partial charge in [-0.25, -0.2) is 6.57 Å². The molecule has 3 saturated heterocycles. The number of hydrogen-bond acceptors (Lipinski definition) is 10. The van der Waals surface area contributed by atoms with Crippen LogP contribution in [0, 0.1) is 50.4 Å². The molecule has 4 atom stereocenters. The van der Waals surface area contributed by atoms with E-state index in [0.717, 1.165) is 31.3 Å². The summed E-state index contributed by atoms with van der Waals surface area (Å²) in [5, 5.41) is 9.23. The van der Waals surface area contributed by atoms with Crippen molar-refractivity contribution in [2.75, 3.05) is 39.6 Å². The van der Waals surface area contributed by atoms with E-state index in [1.54, 1.807) is 6.08 Å². The molecule has 324 valence electrons. The van der Waals surface area contributed by atoms with Crippen LogP contribution >= 0.6 is 0 Å². The second-order valence-electron chi connectivity index (χ2n) is 20.4. The van der Waals surface area contributed by atoms with Crippen molar-refractivity contribution in [2.45, 2.75) is 151 Å². The van der Waals surface area contributed by atoms with Gasteiger partial charge in [0.25, 0.3) is 6.04 Å². The van der Waals surface area contributed by atoms with Crippen LogP contribution in [0.2, 0.25) is 0 Å². The van der Waals surface area contributed by atoms with Gasteiger partial charge in [0, 0.05) is 70.6 Å². The molecule has 11 nitrogen and oxygen atoms in total. The van der Waals surface area contributed by atoms with Crippen LogP contribution in [0.3, 0.4) is 0 Å². The normalized spacial score (nSPS) is 36.1. The van der Waals surface area contributed by atoms with E-state index in [-0.39, 0.29) is 46.2 Å². The minimum atomic E-state index is -0.630. The molecule has 9 rings (SSSR count). The van der Waals surface area contributed by atoms with Crippen molar-refractivity contribution < 1.29 is 45.8 Å². The fraction of sp³-hybridized carbons (Fsp3) is 0.729. The summed E-state index contributed by atoms with van der Waals surface area (Å²) in [4.78, 5) is 40.6. The maximum atomic E-state index is 12.5. The van der Waals surface area contributed by atoms with Crippen LogP contribution in [0.25, 0.3) is 4.85 Å². The summed E-state index contributed by atoms with van der Waals surface area (Å²) >= 11 is 0. The SMILES string of the molecule is C.CC1(C)C(=O)C(C#N)=C[C@]2(C)CC3(CC=C12)OCCO3.CC1(C)C(=O)CC[C@]2(C)CC3(CC=C12)OCCO3.[2H][2H].[C-]#[N+]C1C[C@]2(C)CC3(CC=C2C(C)(C)C1=O)OCCO3. The van der Waals surface area contributed by atoms with E-state index in [4.69, 9.17) is 38.0 Å². The summed E-state index contributed by atoms with van der Waals surface area (Å²) in [6, 6.07) is 1.51. The average molecular weight is 819 g/mol. The lowest BCUT2D eigenvalue weighted by Gasteiger charge is -2.51. The summed E-state index contributed by atoms with van der Waals surface area (Å²) in [6.45, 7) is 29.5. The molecule has 3 aliphatic heterocycles. The third-order valence-electron chi connectivity index (χ3n) is 14.9. The first-order chi connectivity index (χ1) is 28.0. The van der Waals surface area contributed by atoms with E-state index in [2.05, 4.69) is 57.7 Å². The number of ketones is 3. The van der Waals surface area contributed by atoms with Gasteiger partial charge in [0.15, 0.2) is 23.1 Å². The summed E-state index contributed by atoms with van der Waals surface area (Å²) < 4.78 is 44.9. The minimum Gasteiger partial charge on any atom is -0.347 e. The van der Waals surface area contributed by atoms with Gasteiger partial charge in [0.2, 0.25) is 5.78 Å². The Bertz CT molecular complexity index is 1970. The number of nitriles is 1. The zero-order chi connectivity index (χ0) is 44.2. The van der Waals surface area contributed by atoms with Crippen molar-refractivity contribution >= 4 is 17.3 Å². The van der Waals surface area contributed by atoms with Crippen molar-refractivity contribution in [3.63, 3.8) is 0 Å². The number of ether oxygens (including phenoxy) is 6. The van der Waals surface area contributed by atoms with E-state index in [9.17, 15) is 19.6 Å². The molecule has 9 aliphatic rings. The number of rotatable bonds is 0. The summed E-state index contributed by atoms with van der Waals surface area (Å²) in [5.41, 5.74) is 1.82. The molecule has 3 heterocycles. The predicted octanol–water partition coefficient (Wildman–Crippen LogP) is 8.98. The molecule has 5 fully saturated rings. The van der Waals surface area contributed by atoms with Crippen LogP contribution in [-0.2, 0) is 42.8 Å². The molecule has 0 radical (unpaired) electrons. The van der Waals surface area contributed by atoms with Crippen LogP contribution < -0.4 is 0 Å². The molecule has 0 N–H and O–H groups in total. The van der Waals surface area contributed by atoms with Crippen LogP contribution in [0.5, 0.6) is 0 Å². The van der Waals surface area contributed by atoms with Crippen molar-refractivity contribution in [1.29, 1.82) is 5.26 Å². The molecule has 6 aliphatic carbocycles. The highest BCUT2D eigenvalue weighted by atomic mass is 16.7. The van der Waals surface area contributed by atoms with E-state index in [0.29, 0.717) is 77.5 Å². The Morgan fingerprint density at radius 1 is 0.678 bits per heavy atom. The quantitative estimate of drug-likeness (QED) is 0.172. The van der Waals surface area contributed by atoms with E-state index < -0.39 is 34.2 Å². The first-order valence-electron chi connectivity index (χ1n) is 22.1. The van der Waals surface area contributed by atoms with Crippen LogP contribution in [0.15, 0.2) is 46.6 Å². The molecule has 59 heavy (non-hydrogen) atoms. The Morgan fingerprint density at radius 2 is 1.12 bits per heavy atom. The summed E-state index contributed by atoms with van der Waals surface area (Å²) in [5.74, 6) is -1.18. The molecule has 3 spiro atoms. The van der Waals surface area contributed by atoms with Crippen molar-refractivity contribution in [2.24, 2.45) is 32.5 Å². The van der Waals surface area contributed by atoms with Gasteiger partial charge in [-0.3, -0.25) is 14.4 Å². The Morgan fingerprint density at radius 3 is 1.59 bits per heavy atom. The Balaban J connectivity index is 0.000000168. The molecule has 1 unspecified atom stereocenters. The summed E-state index contributed by atoms with van der Waals surface area (Å²) in [7, 11) is 0. The maximum Gasteiger partial charge on any atom is 0.282 e. The zero-order valence-corrected chi connectivity index (χ0v) is 36.1. The molecule has 11 heteroatoms. The van der Waals surface area contributed by atoms with Gasteiger partial charge >= 0.3 is 0 Å².